The van der Waals surface area contributed by atoms with E-state index in [-0.39, 0.29) is 5.91 Å². The molecule has 5 nitrogen and oxygen atoms in total. The molecule has 0 saturated heterocycles. The Bertz CT molecular complexity index is 736. The number of para-hydroxylation sites is 1. The van der Waals surface area contributed by atoms with E-state index in [1.165, 1.54) is 34.9 Å². The van der Waals surface area contributed by atoms with Gasteiger partial charge in [-0.3, -0.25) is 10.1 Å². The maximum Gasteiger partial charge on any atom is 0.236 e. The molecule has 2 heterocycles. The molecule has 0 aliphatic rings. The molecule has 1 N–H and O–H groups in total. The third-order valence-electron chi connectivity index (χ3n) is 2.43. The number of thioether (sulfide) groups is 2. The first-order chi connectivity index (χ1) is 10.2. The third-order valence-corrected chi connectivity index (χ3v) is 6.42. The second kappa shape index (κ2) is 6.73. The molecule has 21 heavy (non-hydrogen) atoms. The maximum atomic E-state index is 11.9. The van der Waals surface area contributed by atoms with E-state index in [4.69, 9.17) is 0 Å². The molecule has 0 radical (unpaired) electrons. The molecule has 0 spiro atoms. The van der Waals surface area contributed by atoms with Crippen LogP contribution in [0, 0.1) is 0 Å². The number of benzene rings is 1. The van der Waals surface area contributed by atoms with Crippen molar-refractivity contribution in [1.82, 2.24) is 15.2 Å². The van der Waals surface area contributed by atoms with E-state index in [1.807, 2.05) is 30.5 Å². The van der Waals surface area contributed by atoms with Crippen LogP contribution in [0.2, 0.25) is 0 Å². The Morgan fingerprint density at radius 2 is 2.10 bits per heavy atom. The number of hydrogen-bond acceptors (Lipinski definition) is 8. The number of thiazole rings is 1. The van der Waals surface area contributed by atoms with Crippen LogP contribution in [0.1, 0.15) is 0 Å². The predicted molar refractivity (Wildman–Crippen MR) is 90.7 cm³/mol. The summed E-state index contributed by atoms with van der Waals surface area (Å²) in [6, 6.07) is 7.95. The number of carbonyl (C=O) groups is 1. The highest BCUT2D eigenvalue weighted by Gasteiger charge is 2.10. The van der Waals surface area contributed by atoms with Crippen molar-refractivity contribution in [3.05, 3.63) is 24.3 Å². The van der Waals surface area contributed by atoms with Gasteiger partial charge in [-0.25, -0.2) is 4.98 Å². The van der Waals surface area contributed by atoms with Gasteiger partial charge in [-0.05, 0) is 18.4 Å². The smallest absolute Gasteiger partial charge is 0.236 e. The second-order valence-corrected chi connectivity index (χ2v) is 8.15. The quantitative estimate of drug-likeness (QED) is 0.558. The van der Waals surface area contributed by atoms with Gasteiger partial charge in [0.2, 0.25) is 11.0 Å². The van der Waals surface area contributed by atoms with E-state index >= 15 is 0 Å². The van der Waals surface area contributed by atoms with Gasteiger partial charge in [0.1, 0.15) is 0 Å². The predicted octanol–water partition coefficient (Wildman–Crippen LogP) is 3.60. The first-order valence-electron chi connectivity index (χ1n) is 5.90. The fourth-order valence-electron chi connectivity index (χ4n) is 1.54. The Kier molecular flexibility index (Phi) is 4.73. The lowest BCUT2D eigenvalue weighted by molar-refractivity contribution is -0.113. The van der Waals surface area contributed by atoms with Crippen molar-refractivity contribution in [3.8, 4) is 0 Å². The molecule has 2 aromatic heterocycles. The average molecular weight is 355 g/mol. The number of hydrogen-bond donors (Lipinski definition) is 1. The van der Waals surface area contributed by atoms with Gasteiger partial charge in [0.15, 0.2) is 8.68 Å². The van der Waals surface area contributed by atoms with Crippen molar-refractivity contribution in [2.75, 3.05) is 17.3 Å². The molecule has 108 valence electrons. The van der Waals surface area contributed by atoms with E-state index in [0.29, 0.717) is 10.9 Å². The van der Waals surface area contributed by atoms with Crippen LogP contribution < -0.4 is 5.32 Å². The van der Waals surface area contributed by atoms with Crippen LogP contribution in [-0.2, 0) is 4.79 Å². The van der Waals surface area contributed by atoms with Crippen LogP contribution in [0.4, 0.5) is 5.13 Å². The van der Waals surface area contributed by atoms with Gasteiger partial charge < -0.3 is 0 Å². The summed E-state index contributed by atoms with van der Waals surface area (Å²) in [5.41, 5.74) is 0.971. The lowest BCUT2D eigenvalue weighted by Gasteiger charge is -1.98. The van der Waals surface area contributed by atoms with Gasteiger partial charge in [-0.2, -0.15) is 0 Å². The fraction of sp³-hybridized carbons (Fsp3) is 0.167. The topological polar surface area (TPSA) is 67.8 Å². The normalized spacial score (nSPS) is 10.9. The Morgan fingerprint density at radius 3 is 2.86 bits per heavy atom. The van der Waals surface area contributed by atoms with Crippen LogP contribution in [-0.4, -0.2) is 33.1 Å². The minimum atomic E-state index is -0.0944. The fourth-order valence-corrected chi connectivity index (χ4v) is 4.59. The number of anilines is 1. The largest absolute Gasteiger partial charge is 0.300 e. The van der Waals surface area contributed by atoms with Crippen molar-refractivity contribution >= 4 is 67.5 Å². The Morgan fingerprint density at radius 1 is 1.24 bits per heavy atom. The maximum absolute atomic E-state index is 11.9. The van der Waals surface area contributed by atoms with Gasteiger partial charge >= 0.3 is 0 Å². The number of carbonyl (C=O) groups excluding carboxylic acids is 1. The summed E-state index contributed by atoms with van der Waals surface area (Å²) >= 11 is 5.91. The summed E-state index contributed by atoms with van der Waals surface area (Å²) in [4.78, 5) is 16.4. The number of nitrogens with zero attached hydrogens (tertiary/aromatic N) is 3. The first kappa shape index (κ1) is 14.8. The lowest BCUT2D eigenvalue weighted by Crippen LogP contribution is -2.13. The number of aromatic nitrogens is 3. The number of rotatable bonds is 5. The third kappa shape index (κ3) is 3.73. The van der Waals surface area contributed by atoms with Crippen LogP contribution in [0.25, 0.3) is 10.2 Å². The molecular formula is C12H10N4OS4. The monoisotopic (exact) mass is 354 g/mol. The van der Waals surface area contributed by atoms with Gasteiger partial charge in [0, 0.05) is 0 Å². The van der Waals surface area contributed by atoms with Crippen LogP contribution >= 0.6 is 46.2 Å². The van der Waals surface area contributed by atoms with Gasteiger partial charge in [-0.15, -0.1) is 21.5 Å². The highest BCUT2D eigenvalue weighted by molar-refractivity contribution is 8.01. The Balaban J connectivity index is 1.57. The number of fused-ring (bicyclic) bond motifs is 1. The highest BCUT2D eigenvalue weighted by atomic mass is 32.2. The van der Waals surface area contributed by atoms with Crippen molar-refractivity contribution in [1.29, 1.82) is 0 Å². The van der Waals surface area contributed by atoms with E-state index in [0.717, 1.165) is 18.9 Å². The zero-order chi connectivity index (χ0) is 14.7. The van der Waals surface area contributed by atoms with E-state index in [1.54, 1.807) is 11.3 Å². The van der Waals surface area contributed by atoms with E-state index in [2.05, 4.69) is 20.5 Å². The SMILES string of the molecule is CSc1nnc(NC(=O)CSc2nc3ccccc3s2)s1. The molecule has 0 fully saturated rings. The highest BCUT2D eigenvalue weighted by Crippen LogP contribution is 2.29. The molecule has 0 bridgehead atoms. The molecule has 0 unspecified atom stereocenters. The minimum absolute atomic E-state index is 0.0944. The summed E-state index contributed by atoms with van der Waals surface area (Å²) in [5.74, 6) is 0.219. The van der Waals surface area contributed by atoms with Gasteiger partial charge in [-0.1, -0.05) is 47.0 Å². The molecule has 0 aliphatic heterocycles. The molecule has 3 aromatic rings. The second-order valence-electron chi connectivity index (χ2n) is 3.86. The van der Waals surface area contributed by atoms with Crippen molar-refractivity contribution < 1.29 is 4.79 Å². The molecular weight excluding hydrogens is 344 g/mol. The molecule has 1 aromatic carbocycles. The van der Waals surface area contributed by atoms with E-state index in [9.17, 15) is 4.79 Å². The average Bonchev–Trinajstić information content (AvgIpc) is 3.10. The standard InChI is InChI=1S/C12H10N4OS4/c1-18-12-16-15-10(21-12)14-9(17)6-19-11-13-7-4-2-3-5-8(7)20-11/h2-5H,6H2,1H3,(H,14,15,17). The zero-order valence-corrected chi connectivity index (χ0v) is 14.2. The van der Waals surface area contributed by atoms with Crippen molar-refractivity contribution in [2.24, 2.45) is 0 Å². The molecule has 1 amide bonds. The van der Waals surface area contributed by atoms with Gasteiger partial charge in [0.05, 0.1) is 16.0 Å². The number of nitrogens with one attached hydrogen (secondary N) is 1. The zero-order valence-electron chi connectivity index (χ0n) is 10.9. The van der Waals surface area contributed by atoms with Crippen molar-refractivity contribution in [3.63, 3.8) is 0 Å². The van der Waals surface area contributed by atoms with E-state index < -0.39 is 0 Å². The van der Waals surface area contributed by atoms with Crippen LogP contribution in [0.3, 0.4) is 0 Å². The molecule has 0 saturated carbocycles. The molecule has 9 heteroatoms. The first-order valence-corrected chi connectivity index (χ1v) is 9.74. The van der Waals surface area contributed by atoms with Crippen LogP contribution in [0.5, 0.6) is 0 Å². The van der Waals surface area contributed by atoms with Crippen molar-refractivity contribution in [2.45, 2.75) is 8.68 Å². The summed E-state index contributed by atoms with van der Waals surface area (Å²) in [6.07, 6.45) is 1.93. The lowest BCUT2D eigenvalue weighted by atomic mass is 10.3. The Labute approximate surface area is 137 Å². The number of amides is 1. The molecule has 3 rings (SSSR count). The molecule has 0 atom stereocenters. The summed E-state index contributed by atoms with van der Waals surface area (Å²) in [7, 11) is 0. The molecule has 0 aliphatic carbocycles. The van der Waals surface area contributed by atoms with Crippen LogP contribution in [0.15, 0.2) is 32.9 Å². The van der Waals surface area contributed by atoms with Gasteiger partial charge in [0.25, 0.3) is 0 Å². The minimum Gasteiger partial charge on any atom is -0.300 e. The summed E-state index contributed by atoms with van der Waals surface area (Å²) in [5, 5.41) is 11.1. The summed E-state index contributed by atoms with van der Waals surface area (Å²) in [6.45, 7) is 0. The summed E-state index contributed by atoms with van der Waals surface area (Å²) < 4.78 is 2.87. The Hall–Kier alpha value is -1.16.